The predicted octanol–water partition coefficient (Wildman–Crippen LogP) is 1.08. The maximum Gasteiger partial charge on any atom is 0.240 e. The minimum atomic E-state index is -3.46. The molecule has 0 aromatic heterocycles. The molecule has 0 fully saturated rings. The molecule has 0 heterocycles. The first-order valence-electron chi connectivity index (χ1n) is 6.09. The Morgan fingerprint density at radius 1 is 1.25 bits per heavy atom. The van der Waals surface area contributed by atoms with Gasteiger partial charge in [0.2, 0.25) is 15.9 Å². The van der Waals surface area contributed by atoms with Crippen LogP contribution in [0, 0.1) is 0 Å². The van der Waals surface area contributed by atoms with Gasteiger partial charge in [-0.25, -0.2) is 13.1 Å². The minimum Gasteiger partial charge on any atom is -0.330 e. The molecule has 0 aliphatic heterocycles. The highest BCUT2D eigenvalue weighted by molar-refractivity contribution is 7.89. The number of carbonyl (C=O) groups is 1. The van der Waals surface area contributed by atoms with Crippen molar-refractivity contribution in [2.45, 2.75) is 24.7 Å². The summed E-state index contributed by atoms with van der Waals surface area (Å²) in [5.74, 6) is -0.192. The summed E-state index contributed by atoms with van der Waals surface area (Å²) in [7, 11) is -3.46. The van der Waals surface area contributed by atoms with E-state index in [1.165, 1.54) is 12.1 Å². The Hall–Kier alpha value is -1.15. The van der Waals surface area contributed by atoms with Crippen molar-refractivity contribution in [2.24, 2.45) is 5.73 Å². The second-order valence-corrected chi connectivity index (χ2v) is 5.78. The SMILES string of the molecule is CCCNS(=O)(=O)c1ccc(NC(=O)CCN)cc1.Cl. The maximum atomic E-state index is 11.8. The smallest absolute Gasteiger partial charge is 0.240 e. The summed E-state index contributed by atoms with van der Waals surface area (Å²) in [6.07, 6.45) is 0.963. The summed E-state index contributed by atoms with van der Waals surface area (Å²) >= 11 is 0. The van der Waals surface area contributed by atoms with Crippen LogP contribution in [0.15, 0.2) is 29.2 Å². The first-order valence-corrected chi connectivity index (χ1v) is 7.57. The van der Waals surface area contributed by atoms with Crippen LogP contribution in [0.2, 0.25) is 0 Å². The largest absolute Gasteiger partial charge is 0.330 e. The summed E-state index contributed by atoms with van der Waals surface area (Å²) in [6.45, 7) is 2.56. The number of benzene rings is 1. The summed E-state index contributed by atoms with van der Waals surface area (Å²) in [5.41, 5.74) is 5.81. The van der Waals surface area contributed by atoms with Crippen LogP contribution in [0.25, 0.3) is 0 Å². The van der Waals surface area contributed by atoms with E-state index in [-0.39, 0.29) is 36.2 Å². The molecular weight excluding hydrogens is 302 g/mol. The zero-order valence-electron chi connectivity index (χ0n) is 11.3. The molecule has 0 unspecified atom stereocenters. The predicted molar refractivity (Wildman–Crippen MR) is 81.5 cm³/mol. The van der Waals surface area contributed by atoms with Gasteiger partial charge in [-0.15, -0.1) is 12.4 Å². The molecule has 1 aromatic carbocycles. The number of carbonyl (C=O) groups excluding carboxylic acids is 1. The highest BCUT2D eigenvalue weighted by Gasteiger charge is 2.12. The van der Waals surface area contributed by atoms with E-state index in [1.807, 2.05) is 6.92 Å². The van der Waals surface area contributed by atoms with Gasteiger partial charge < -0.3 is 11.1 Å². The van der Waals surface area contributed by atoms with Crippen LogP contribution in [-0.4, -0.2) is 27.4 Å². The lowest BCUT2D eigenvalue weighted by atomic mass is 10.3. The van der Waals surface area contributed by atoms with Gasteiger partial charge in [0.1, 0.15) is 0 Å². The average Bonchev–Trinajstić information content (AvgIpc) is 2.37. The van der Waals surface area contributed by atoms with Crippen LogP contribution in [0.3, 0.4) is 0 Å². The van der Waals surface area contributed by atoms with Gasteiger partial charge in [0, 0.05) is 25.2 Å². The molecule has 0 saturated heterocycles. The zero-order valence-corrected chi connectivity index (χ0v) is 12.9. The Morgan fingerprint density at radius 3 is 2.35 bits per heavy atom. The molecule has 0 radical (unpaired) electrons. The van der Waals surface area contributed by atoms with Crippen LogP contribution < -0.4 is 15.8 Å². The van der Waals surface area contributed by atoms with Gasteiger partial charge in [-0.2, -0.15) is 0 Å². The lowest BCUT2D eigenvalue weighted by Crippen LogP contribution is -2.24. The average molecular weight is 322 g/mol. The van der Waals surface area contributed by atoms with E-state index >= 15 is 0 Å². The van der Waals surface area contributed by atoms with Gasteiger partial charge in [0.05, 0.1) is 4.90 Å². The van der Waals surface area contributed by atoms with Gasteiger partial charge in [-0.1, -0.05) is 6.92 Å². The highest BCUT2D eigenvalue weighted by Crippen LogP contribution is 2.14. The van der Waals surface area contributed by atoms with Crippen LogP contribution in [0.5, 0.6) is 0 Å². The quantitative estimate of drug-likeness (QED) is 0.699. The number of anilines is 1. The monoisotopic (exact) mass is 321 g/mol. The van der Waals surface area contributed by atoms with E-state index in [0.717, 1.165) is 6.42 Å². The number of halogens is 1. The molecule has 8 heteroatoms. The van der Waals surface area contributed by atoms with Crippen molar-refractivity contribution >= 4 is 34.0 Å². The first-order chi connectivity index (χ1) is 8.99. The summed E-state index contributed by atoms with van der Waals surface area (Å²) < 4.78 is 26.1. The van der Waals surface area contributed by atoms with E-state index in [0.29, 0.717) is 12.2 Å². The number of hydrogen-bond donors (Lipinski definition) is 3. The van der Waals surface area contributed by atoms with Gasteiger partial charge >= 0.3 is 0 Å². The molecule has 0 aliphatic carbocycles. The lowest BCUT2D eigenvalue weighted by Gasteiger charge is -2.07. The van der Waals surface area contributed by atoms with Crippen molar-refractivity contribution in [3.05, 3.63) is 24.3 Å². The number of sulfonamides is 1. The Bertz CT molecular complexity index is 517. The van der Waals surface area contributed by atoms with Gasteiger partial charge in [-0.05, 0) is 30.7 Å². The van der Waals surface area contributed by atoms with Crippen LogP contribution in [-0.2, 0) is 14.8 Å². The third-order valence-electron chi connectivity index (χ3n) is 2.36. The fraction of sp³-hybridized carbons (Fsp3) is 0.417. The lowest BCUT2D eigenvalue weighted by molar-refractivity contribution is -0.116. The van der Waals surface area contributed by atoms with Crippen molar-refractivity contribution in [2.75, 3.05) is 18.4 Å². The molecule has 1 amide bonds. The molecule has 20 heavy (non-hydrogen) atoms. The molecule has 4 N–H and O–H groups in total. The third kappa shape index (κ3) is 5.87. The van der Waals surface area contributed by atoms with Crippen molar-refractivity contribution in [1.29, 1.82) is 0 Å². The van der Waals surface area contributed by atoms with Crippen molar-refractivity contribution in [3.63, 3.8) is 0 Å². The molecule has 6 nitrogen and oxygen atoms in total. The van der Waals surface area contributed by atoms with Crippen LogP contribution in [0.1, 0.15) is 19.8 Å². The van der Waals surface area contributed by atoms with Crippen molar-refractivity contribution in [3.8, 4) is 0 Å². The standard InChI is InChI=1S/C12H19N3O3S.ClH/c1-2-9-14-19(17,18)11-5-3-10(4-6-11)15-12(16)7-8-13;/h3-6,14H,2,7-9,13H2,1H3,(H,15,16);1H. The third-order valence-corrected chi connectivity index (χ3v) is 3.84. The topological polar surface area (TPSA) is 101 Å². The second kappa shape index (κ2) is 8.91. The molecule has 1 rings (SSSR count). The molecular formula is C12H20ClN3O3S. The maximum absolute atomic E-state index is 11.8. The van der Waals surface area contributed by atoms with E-state index in [2.05, 4.69) is 10.0 Å². The van der Waals surface area contributed by atoms with Crippen molar-refractivity contribution in [1.82, 2.24) is 4.72 Å². The molecule has 0 aliphatic rings. The summed E-state index contributed by atoms with van der Waals surface area (Å²) in [4.78, 5) is 11.5. The number of nitrogens with two attached hydrogens (primary N) is 1. The Balaban J connectivity index is 0.00000361. The van der Waals surface area contributed by atoms with E-state index in [1.54, 1.807) is 12.1 Å². The minimum absolute atomic E-state index is 0. The fourth-order valence-electron chi connectivity index (χ4n) is 1.39. The van der Waals surface area contributed by atoms with Gasteiger partial charge in [0.15, 0.2) is 0 Å². The highest BCUT2D eigenvalue weighted by atomic mass is 35.5. The van der Waals surface area contributed by atoms with E-state index in [4.69, 9.17) is 5.73 Å². The molecule has 1 aromatic rings. The molecule has 0 saturated carbocycles. The first kappa shape index (κ1) is 18.9. The number of hydrogen-bond acceptors (Lipinski definition) is 4. The number of rotatable bonds is 7. The van der Waals surface area contributed by atoms with Gasteiger partial charge in [-0.3, -0.25) is 4.79 Å². The second-order valence-electron chi connectivity index (χ2n) is 4.01. The normalized spacial score (nSPS) is 10.7. The molecule has 0 spiro atoms. The van der Waals surface area contributed by atoms with E-state index in [9.17, 15) is 13.2 Å². The number of nitrogens with one attached hydrogen (secondary N) is 2. The molecule has 0 bridgehead atoms. The Morgan fingerprint density at radius 2 is 1.85 bits per heavy atom. The number of amides is 1. The van der Waals surface area contributed by atoms with Gasteiger partial charge in [0.25, 0.3) is 0 Å². The Labute approximate surface area is 125 Å². The summed E-state index contributed by atoms with van der Waals surface area (Å²) in [6, 6.07) is 6.01. The zero-order chi connectivity index (χ0) is 14.3. The fourth-order valence-corrected chi connectivity index (χ4v) is 2.53. The van der Waals surface area contributed by atoms with E-state index < -0.39 is 10.0 Å². The molecule has 0 atom stereocenters. The Kier molecular flexibility index (Phi) is 8.40. The van der Waals surface area contributed by atoms with Crippen LogP contribution in [0.4, 0.5) is 5.69 Å². The molecule has 114 valence electrons. The van der Waals surface area contributed by atoms with Crippen LogP contribution >= 0.6 is 12.4 Å². The summed E-state index contributed by atoms with van der Waals surface area (Å²) in [5, 5.41) is 2.63. The van der Waals surface area contributed by atoms with Crippen molar-refractivity contribution < 1.29 is 13.2 Å².